The van der Waals surface area contributed by atoms with Crippen LogP contribution in [0.2, 0.25) is 0 Å². The third-order valence-electron chi connectivity index (χ3n) is 5.18. The van der Waals surface area contributed by atoms with Gasteiger partial charge in [-0.3, -0.25) is 4.79 Å². The van der Waals surface area contributed by atoms with E-state index in [4.69, 9.17) is 0 Å². The molecule has 0 unspecified atom stereocenters. The summed E-state index contributed by atoms with van der Waals surface area (Å²) < 4.78 is 0. The maximum atomic E-state index is 12.4. The van der Waals surface area contributed by atoms with Crippen molar-refractivity contribution in [2.75, 3.05) is 11.9 Å². The van der Waals surface area contributed by atoms with Gasteiger partial charge in [0.05, 0.1) is 0 Å². The Bertz CT molecular complexity index is 520. The number of rotatable bonds is 4. The van der Waals surface area contributed by atoms with Gasteiger partial charge in [0, 0.05) is 17.4 Å². The second kappa shape index (κ2) is 6.51. The molecule has 114 valence electrons. The van der Waals surface area contributed by atoms with Crippen LogP contribution in [0.25, 0.3) is 0 Å². The molecule has 1 aromatic carbocycles. The lowest BCUT2D eigenvalue weighted by molar-refractivity contribution is 0.0922. The van der Waals surface area contributed by atoms with Crippen LogP contribution in [0, 0.1) is 5.41 Å². The van der Waals surface area contributed by atoms with E-state index < -0.39 is 0 Å². The van der Waals surface area contributed by atoms with E-state index in [0.29, 0.717) is 0 Å². The van der Waals surface area contributed by atoms with Gasteiger partial charge in [-0.2, -0.15) is 0 Å². The molecule has 1 N–H and O–H groups in total. The van der Waals surface area contributed by atoms with Crippen molar-refractivity contribution in [2.24, 2.45) is 5.41 Å². The molecule has 3 rings (SSSR count). The highest BCUT2D eigenvalue weighted by Crippen LogP contribution is 2.37. The Morgan fingerprint density at radius 2 is 1.86 bits per heavy atom. The zero-order chi connectivity index (χ0) is 14.7. The average Bonchev–Trinajstić information content (AvgIpc) is 3.01. The number of halogens is 1. The molecular weight excluding hydrogens is 326 g/mol. The van der Waals surface area contributed by atoms with Crippen LogP contribution in [-0.4, -0.2) is 17.8 Å². The van der Waals surface area contributed by atoms with Crippen LogP contribution >= 0.6 is 15.9 Å². The minimum absolute atomic E-state index is 0.0931. The zero-order valence-corrected chi connectivity index (χ0v) is 14.2. The number of amides is 1. The summed E-state index contributed by atoms with van der Waals surface area (Å²) >= 11 is 3.66. The smallest absolute Gasteiger partial charge is 0.251 e. The Kier molecular flexibility index (Phi) is 4.68. The molecule has 3 heteroatoms. The maximum absolute atomic E-state index is 12.4. The van der Waals surface area contributed by atoms with Gasteiger partial charge in [0.1, 0.15) is 0 Å². The minimum Gasteiger partial charge on any atom is -0.351 e. The van der Waals surface area contributed by atoms with Crippen LogP contribution in [0.3, 0.4) is 0 Å². The Morgan fingerprint density at radius 3 is 2.62 bits per heavy atom. The van der Waals surface area contributed by atoms with Crippen molar-refractivity contribution in [2.45, 2.75) is 51.4 Å². The first-order chi connectivity index (χ1) is 10.2. The molecule has 0 atom stereocenters. The van der Waals surface area contributed by atoms with Gasteiger partial charge in [0.15, 0.2) is 0 Å². The fraction of sp³-hybridized carbons (Fsp3) is 0.611. The summed E-state index contributed by atoms with van der Waals surface area (Å²) in [4.78, 5) is 12.4. The molecule has 0 saturated heterocycles. The van der Waals surface area contributed by atoms with Crippen molar-refractivity contribution >= 4 is 21.8 Å². The largest absolute Gasteiger partial charge is 0.351 e. The predicted octanol–water partition coefficient (Wildman–Crippen LogP) is 4.25. The molecule has 0 bridgehead atoms. The molecule has 2 aliphatic rings. The second-order valence-corrected chi connectivity index (χ2v) is 7.27. The summed E-state index contributed by atoms with van der Waals surface area (Å²) in [5.41, 5.74) is 3.90. The summed E-state index contributed by atoms with van der Waals surface area (Å²) in [7, 11) is 0. The minimum atomic E-state index is 0.0931. The van der Waals surface area contributed by atoms with Crippen LogP contribution in [-0.2, 0) is 12.8 Å². The fourth-order valence-electron chi connectivity index (χ4n) is 3.74. The number of aryl methyl sites for hydroxylation is 2. The van der Waals surface area contributed by atoms with E-state index in [1.165, 1.54) is 56.1 Å². The summed E-state index contributed by atoms with van der Waals surface area (Å²) in [6.07, 6.45) is 9.90. The van der Waals surface area contributed by atoms with E-state index in [1.807, 2.05) is 6.07 Å². The Labute approximate surface area is 135 Å². The van der Waals surface area contributed by atoms with Crippen molar-refractivity contribution < 1.29 is 4.79 Å². The lowest BCUT2D eigenvalue weighted by Crippen LogP contribution is -2.40. The molecule has 0 spiro atoms. The number of alkyl halides is 1. The molecule has 1 aromatic rings. The third-order valence-corrected chi connectivity index (χ3v) is 6.37. The lowest BCUT2D eigenvalue weighted by Gasteiger charge is -2.35. The molecule has 21 heavy (non-hydrogen) atoms. The van der Waals surface area contributed by atoms with Crippen LogP contribution in [0.5, 0.6) is 0 Å². The second-order valence-electron chi connectivity index (χ2n) is 6.71. The maximum Gasteiger partial charge on any atom is 0.251 e. The first-order valence-electron chi connectivity index (χ1n) is 8.18. The molecule has 0 aliphatic heterocycles. The van der Waals surface area contributed by atoms with E-state index in [-0.39, 0.29) is 11.3 Å². The van der Waals surface area contributed by atoms with Gasteiger partial charge in [-0.05, 0) is 60.8 Å². The number of hydrogen-bond acceptors (Lipinski definition) is 1. The van der Waals surface area contributed by atoms with Crippen LogP contribution < -0.4 is 5.32 Å². The van der Waals surface area contributed by atoms with Gasteiger partial charge in [0.25, 0.3) is 5.91 Å². The third kappa shape index (κ3) is 3.33. The number of hydrogen-bond donors (Lipinski definition) is 1. The number of nitrogens with one attached hydrogen (secondary N) is 1. The topological polar surface area (TPSA) is 29.1 Å². The van der Waals surface area contributed by atoms with Gasteiger partial charge in [0.2, 0.25) is 0 Å². The van der Waals surface area contributed by atoms with Crippen molar-refractivity contribution in [3.05, 3.63) is 34.9 Å². The van der Waals surface area contributed by atoms with E-state index in [9.17, 15) is 4.79 Å². The van der Waals surface area contributed by atoms with E-state index in [2.05, 4.69) is 33.4 Å². The average molecular weight is 350 g/mol. The van der Waals surface area contributed by atoms with Crippen molar-refractivity contribution in [3.63, 3.8) is 0 Å². The molecule has 1 fully saturated rings. The van der Waals surface area contributed by atoms with Gasteiger partial charge in [-0.15, -0.1) is 0 Å². The number of carbonyl (C=O) groups is 1. The quantitative estimate of drug-likeness (QED) is 0.808. The van der Waals surface area contributed by atoms with Gasteiger partial charge < -0.3 is 5.32 Å². The van der Waals surface area contributed by atoms with Crippen LogP contribution in [0.4, 0.5) is 0 Å². The number of benzene rings is 1. The SMILES string of the molecule is O=C(NCC1(CBr)CCCCC1)c1ccc2c(c1)CCC2. The molecule has 0 aromatic heterocycles. The van der Waals surface area contributed by atoms with Gasteiger partial charge >= 0.3 is 0 Å². The van der Waals surface area contributed by atoms with E-state index >= 15 is 0 Å². The monoisotopic (exact) mass is 349 g/mol. The standard InChI is InChI=1S/C18H24BrNO/c19-12-18(9-2-1-3-10-18)13-20-17(21)16-8-7-14-5-4-6-15(14)11-16/h7-8,11H,1-6,9-10,12-13H2,(H,20,21). The first-order valence-corrected chi connectivity index (χ1v) is 9.31. The van der Waals surface area contributed by atoms with Crippen LogP contribution in [0.15, 0.2) is 18.2 Å². The predicted molar refractivity (Wildman–Crippen MR) is 90.1 cm³/mol. The normalized spacial score (nSPS) is 20.0. The molecule has 1 amide bonds. The van der Waals surface area contributed by atoms with Crippen LogP contribution in [0.1, 0.15) is 60.0 Å². The highest BCUT2D eigenvalue weighted by molar-refractivity contribution is 9.09. The van der Waals surface area contributed by atoms with Crippen molar-refractivity contribution in [3.8, 4) is 0 Å². The Hall–Kier alpha value is -0.830. The molecule has 2 nitrogen and oxygen atoms in total. The number of fused-ring (bicyclic) bond motifs is 1. The zero-order valence-electron chi connectivity index (χ0n) is 12.6. The molecule has 1 saturated carbocycles. The van der Waals surface area contributed by atoms with Gasteiger partial charge in [-0.25, -0.2) is 0 Å². The highest BCUT2D eigenvalue weighted by atomic mass is 79.9. The van der Waals surface area contributed by atoms with E-state index in [1.54, 1.807) is 0 Å². The number of carbonyl (C=O) groups excluding carboxylic acids is 1. The van der Waals surface area contributed by atoms with Gasteiger partial charge in [-0.1, -0.05) is 41.3 Å². The highest BCUT2D eigenvalue weighted by Gasteiger charge is 2.31. The first kappa shape index (κ1) is 15.1. The summed E-state index contributed by atoms with van der Waals surface area (Å²) in [6, 6.07) is 6.22. The fourth-order valence-corrected chi connectivity index (χ4v) is 4.50. The summed E-state index contributed by atoms with van der Waals surface area (Å²) in [6.45, 7) is 0.800. The molecule has 2 aliphatic carbocycles. The Balaban J connectivity index is 1.63. The Morgan fingerprint density at radius 1 is 1.10 bits per heavy atom. The van der Waals surface area contributed by atoms with Crippen molar-refractivity contribution in [1.29, 1.82) is 0 Å². The molecule has 0 heterocycles. The van der Waals surface area contributed by atoms with E-state index in [0.717, 1.165) is 23.9 Å². The molecule has 0 radical (unpaired) electrons. The van der Waals surface area contributed by atoms with Crippen molar-refractivity contribution in [1.82, 2.24) is 5.32 Å². The summed E-state index contributed by atoms with van der Waals surface area (Å²) in [5.74, 6) is 0.0931. The molecular formula is C18H24BrNO. The lowest BCUT2D eigenvalue weighted by atomic mass is 9.75. The summed E-state index contributed by atoms with van der Waals surface area (Å²) in [5, 5.41) is 4.17.